The molecule has 0 amide bonds. The van der Waals surface area contributed by atoms with E-state index in [-0.39, 0.29) is 5.56 Å². The molecule has 0 aliphatic heterocycles. The van der Waals surface area contributed by atoms with Crippen molar-refractivity contribution >= 4 is 15.9 Å². The Hall–Kier alpha value is -1.36. The van der Waals surface area contributed by atoms with E-state index >= 15 is 0 Å². The summed E-state index contributed by atoms with van der Waals surface area (Å²) in [5.74, 6) is -2.47. The summed E-state index contributed by atoms with van der Waals surface area (Å²) in [5, 5.41) is 0. The number of halogens is 4. The first-order valence-corrected chi connectivity index (χ1v) is 5.13. The fourth-order valence-corrected chi connectivity index (χ4v) is 1.72. The summed E-state index contributed by atoms with van der Waals surface area (Å²) in [6, 6.07) is 3.91. The van der Waals surface area contributed by atoms with Gasteiger partial charge in [0, 0.05) is 10.0 Å². The molecule has 0 unspecified atom stereocenters. The minimum absolute atomic E-state index is 0.133. The van der Waals surface area contributed by atoms with E-state index in [2.05, 4.69) is 20.9 Å². The molecule has 82 valence electrons. The Morgan fingerprint density at radius 2 is 1.56 bits per heavy atom. The van der Waals surface area contributed by atoms with Gasteiger partial charge in [-0.1, -0.05) is 15.9 Å². The van der Waals surface area contributed by atoms with Gasteiger partial charge in [-0.05, 0) is 18.2 Å². The van der Waals surface area contributed by atoms with Crippen molar-refractivity contribution in [1.29, 1.82) is 0 Å². The molecule has 16 heavy (non-hydrogen) atoms. The van der Waals surface area contributed by atoms with Crippen molar-refractivity contribution in [1.82, 2.24) is 4.98 Å². The van der Waals surface area contributed by atoms with Crippen LogP contribution in [0.5, 0.6) is 0 Å². The number of benzene rings is 1. The van der Waals surface area contributed by atoms with Gasteiger partial charge in [0.15, 0.2) is 11.6 Å². The second-order valence-corrected chi connectivity index (χ2v) is 4.02. The van der Waals surface area contributed by atoms with E-state index in [0.717, 1.165) is 18.5 Å². The van der Waals surface area contributed by atoms with Crippen molar-refractivity contribution in [2.24, 2.45) is 0 Å². The van der Waals surface area contributed by atoms with Crippen LogP contribution in [-0.2, 0) is 0 Å². The highest BCUT2D eigenvalue weighted by atomic mass is 79.9. The number of hydrogen-bond acceptors (Lipinski definition) is 1. The summed E-state index contributed by atoms with van der Waals surface area (Å²) >= 11 is 3.12. The van der Waals surface area contributed by atoms with Crippen LogP contribution in [0, 0.1) is 17.5 Å². The number of aromatic nitrogens is 1. The molecule has 0 bridgehead atoms. The Morgan fingerprint density at radius 3 is 2.19 bits per heavy atom. The molecule has 0 atom stereocenters. The average molecular weight is 288 g/mol. The Labute approximate surface area is 98.1 Å². The molecule has 0 N–H and O–H groups in total. The van der Waals surface area contributed by atoms with Crippen LogP contribution in [0.3, 0.4) is 0 Å². The lowest BCUT2D eigenvalue weighted by Crippen LogP contribution is -1.94. The lowest BCUT2D eigenvalue weighted by molar-refractivity contribution is 0.573. The monoisotopic (exact) mass is 287 g/mol. The van der Waals surface area contributed by atoms with Gasteiger partial charge >= 0.3 is 0 Å². The van der Waals surface area contributed by atoms with Gasteiger partial charge in [0.05, 0.1) is 18.0 Å². The normalized spacial score (nSPS) is 10.5. The molecule has 0 radical (unpaired) electrons. The lowest BCUT2D eigenvalue weighted by Gasteiger charge is -2.06. The smallest absolute Gasteiger partial charge is 0.152 e. The predicted molar refractivity (Wildman–Crippen MR) is 57.2 cm³/mol. The van der Waals surface area contributed by atoms with Crippen LogP contribution in [0.25, 0.3) is 11.1 Å². The molecule has 0 aliphatic carbocycles. The molecular formula is C11H5BrF3N. The Bertz CT molecular complexity index is 522. The molecule has 2 rings (SSSR count). The van der Waals surface area contributed by atoms with Crippen molar-refractivity contribution < 1.29 is 13.2 Å². The van der Waals surface area contributed by atoms with Gasteiger partial charge in [0.2, 0.25) is 0 Å². The summed E-state index contributed by atoms with van der Waals surface area (Å²) in [5.41, 5.74) is -0.541. The van der Waals surface area contributed by atoms with Crippen molar-refractivity contribution in [3.8, 4) is 11.1 Å². The van der Waals surface area contributed by atoms with E-state index in [1.807, 2.05) is 0 Å². The molecular weight excluding hydrogens is 283 g/mol. The van der Waals surface area contributed by atoms with Crippen molar-refractivity contribution in [3.05, 3.63) is 52.5 Å². The Morgan fingerprint density at radius 1 is 0.938 bits per heavy atom. The lowest BCUT2D eigenvalue weighted by atomic mass is 10.1. The maximum atomic E-state index is 13.4. The summed E-state index contributed by atoms with van der Waals surface area (Å²) in [6.07, 6.45) is 1.69. The third-order valence-electron chi connectivity index (χ3n) is 2.05. The second kappa shape index (κ2) is 4.25. The molecule has 1 heterocycles. The molecule has 1 aromatic carbocycles. The highest BCUT2D eigenvalue weighted by Crippen LogP contribution is 2.29. The molecule has 0 saturated heterocycles. The summed E-state index contributed by atoms with van der Waals surface area (Å²) < 4.78 is 40.7. The van der Waals surface area contributed by atoms with Gasteiger partial charge in [0.1, 0.15) is 5.82 Å². The predicted octanol–water partition coefficient (Wildman–Crippen LogP) is 3.93. The largest absolute Gasteiger partial charge is 0.259 e. The van der Waals surface area contributed by atoms with Gasteiger partial charge in [-0.25, -0.2) is 13.2 Å². The summed E-state index contributed by atoms with van der Waals surface area (Å²) in [4.78, 5) is 3.34. The zero-order valence-corrected chi connectivity index (χ0v) is 9.43. The fourth-order valence-electron chi connectivity index (χ4n) is 1.36. The maximum Gasteiger partial charge on any atom is 0.152 e. The SMILES string of the molecule is Fc1ccc(Br)cc1-c1c(F)cncc1F. The summed E-state index contributed by atoms with van der Waals surface area (Å²) in [6.45, 7) is 0. The molecule has 0 saturated carbocycles. The molecule has 2 aromatic rings. The zero-order chi connectivity index (χ0) is 11.7. The summed E-state index contributed by atoms with van der Waals surface area (Å²) in [7, 11) is 0. The van der Waals surface area contributed by atoms with Crippen LogP contribution in [0.2, 0.25) is 0 Å². The number of pyridine rings is 1. The first kappa shape index (κ1) is 11.1. The van der Waals surface area contributed by atoms with Gasteiger partial charge in [-0.2, -0.15) is 0 Å². The Kier molecular flexibility index (Phi) is 2.96. The van der Waals surface area contributed by atoms with Gasteiger partial charge in [-0.15, -0.1) is 0 Å². The molecule has 0 spiro atoms. The average Bonchev–Trinajstić information content (AvgIpc) is 2.23. The fraction of sp³-hybridized carbons (Fsp3) is 0. The van der Waals surface area contributed by atoms with E-state index in [0.29, 0.717) is 4.47 Å². The van der Waals surface area contributed by atoms with Gasteiger partial charge in [0.25, 0.3) is 0 Å². The van der Waals surface area contributed by atoms with Crippen LogP contribution in [0.15, 0.2) is 35.1 Å². The van der Waals surface area contributed by atoms with Crippen molar-refractivity contribution in [2.75, 3.05) is 0 Å². The first-order valence-electron chi connectivity index (χ1n) is 4.34. The van der Waals surface area contributed by atoms with Crippen LogP contribution in [0.1, 0.15) is 0 Å². The molecule has 1 aromatic heterocycles. The van der Waals surface area contributed by atoms with E-state index in [9.17, 15) is 13.2 Å². The minimum atomic E-state index is -0.892. The topological polar surface area (TPSA) is 12.9 Å². The third kappa shape index (κ3) is 1.95. The molecule has 1 nitrogen and oxygen atoms in total. The van der Waals surface area contributed by atoms with E-state index < -0.39 is 23.0 Å². The van der Waals surface area contributed by atoms with E-state index in [4.69, 9.17) is 0 Å². The molecule has 0 aliphatic rings. The Balaban J connectivity index is 2.72. The van der Waals surface area contributed by atoms with Crippen molar-refractivity contribution in [3.63, 3.8) is 0 Å². The highest BCUT2D eigenvalue weighted by molar-refractivity contribution is 9.10. The van der Waals surface area contributed by atoms with Crippen LogP contribution in [-0.4, -0.2) is 4.98 Å². The molecule has 5 heteroatoms. The standard InChI is InChI=1S/C11H5BrF3N/c12-6-1-2-8(13)7(3-6)11-9(14)4-16-5-10(11)15/h1-5H. The zero-order valence-electron chi connectivity index (χ0n) is 7.85. The van der Waals surface area contributed by atoms with Gasteiger partial charge < -0.3 is 0 Å². The quantitative estimate of drug-likeness (QED) is 0.774. The van der Waals surface area contributed by atoms with E-state index in [1.54, 1.807) is 0 Å². The first-order chi connectivity index (χ1) is 7.59. The third-order valence-corrected chi connectivity index (χ3v) is 2.54. The van der Waals surface area contributed by atoms with Crippen LogP contribution >= 0.6 is 15.9 Å². The number of nitrogens with zero attached hydrogens (tertiary/aromatic N) is 1. The number of rotatable bonds is 1. The van der Waals surface area contributed by atoms with Crippen LogP contribution < -0.4 is 0 Å². The maximum absolute atomic E-state index is 13.4. The minimum Gasteiger partial charge on any atom is -0.259 e. The van der Waals surface area contributed by atoms with Crippen LogP contribution in [0.4, 0.5) is 13.2 Å². The van der Waals surface area contributed by atoms with Gasteiger partial charge in [-0.3, -0.25) is 4.98 Å². The second-order valence-electron chi connectivity index (χ2n) is 3.10. The molecule has 0 fully saturated rings. The highest BCUT2D eigenvalue weighted by Gasteiger charge is 2.15. The van der Waals surface area contributed by atoms with Crippen molar-refractivity contribution in [2.45, 2.75) is 0 Å². The number of hydrogen-bond donors (Lipinski definition) is 0. The van der Waals surface area contributed by atoms with E-state index in [1.165, 1.54) is 12.1 Å².